The van der Waals surface area contributed by atoms with Gasteiger partial charge in [0, 0.05) is 37.5 Å². The van der Waals surface area contributed by atoms with Crippen molar-refractivity contribution in [2.45, 2.75) is 26.3 Å². The molecule has 0 saturated carbocycles. The van der Waals surface area contributed by atoms with E-state index >= 15 is 0 Å². The zero-order chi connectivity index (χ0) is 22.2. The van der Waals surface area contributed by atoms with Crippen LogP contribution in [0, 0.1) is 6.92 Å². The number of hydrogen-bond donors (Lipinski definition) is 2. The summed E-state index contributed by atoms with van der Waals surface area (Å²) in [6.45, 7) is 3.66. The van der Waals surface area contributed by atoms with Gasteiger partial charge in [-0.15, -0.1) is 0 Å². The van der Waals surface area contributed by atoms with Gasteiger partial charge in [-0.3, -0.25) is 4.79 Å². The SMILES string of the molecule is Cc1cn2c(C(N)=O)cccc2c1-c1nc(NCc2ccccc2)c2c(n1)N(C)CCC2. The number of nitrogens with zero attached hydrogens (tertiary/aromatic N) is 4. The fourth-order valence-corrected chi connectivity index (χ4v) is 4.47. The number of fused-ring (bicyclic) bond motifs is 2. The molecule has 32 heavy (non-hydrogen) atoms. The fraction of sp³-hybridized carbons (Fsp3) is 0.240. The monoisotopic (exact) mass is 426 g/mol. The second-order valence-corrected chi connectivity index (χ2v) is 8.28. The molecule has 0 radical (unpaired) electrons. The number of carbonyl (C=O) groups excluding carboxylic acids is 1. The summed E-state index contributed by atoms with van der Waals surface area (Å²) in [4.78, 5) is 24.1. The molecule has 0 unspecified atom stereocenters. The summed E-state index contributed by atoms with van der Waals surface area (Å²) in [5.74, 6) is 2.01. The predicted molar refractivity (Wildman–Crippen MR) is 127 cm³/mol. The number of hydrogen-bond acceptors (Lipinski definition) is 5. The van der Waals surface area contributed by atoms with Crippen LogP contribution in [-0.4, -0.2) is 33.9 Å². The maximum absolute atomic E-state index is 11.9. The normalized spacial score (nSPS) is 13.2. The van der Waals surface area contributed by atoms with Gasteiger partial charge in [0.1, 0.15) is 17.3 Å². The van der Waals surface area contributed by atoms with Gasteiger partial charge in [-0.25, -0.2) is 9.97 Å². The quantitative estimate of drug-likeness (QED) is 0.507. The second-order valence-electron chi connectivity index (χ2n) is 8.28. The van der Waals surface area contributed by atoms with Crippen LogP contribution in [0.5, 0.6) is 0 Å². The summed E-state index contributed by atoms with van der Waals surface area (Å²) in [5.41, 5.74) is 11.2. The van der Waals surface area contributed by atoms with Crippen molar-refractivity contribution in [2.75, 3.05) is 23.8 Å². The number of nitrogens with one attached hydrogen (secondary N) is 1. The van der Waals surface area contributed by atoms with Gasteiger partial charge in [0.15, 0.2) is 5.82 Å². The number of nitrogens with two attached hydrogens (primary N) is 1. The number of anilines is 2. The molecule has 7 heteroatoms. The van der Waals surface area contributed by atoms with Gasteiger partial charge in [0.2, 0.25) is 0 Å². The fourth-order valence-electron chi connectivity index (χ4n) is 4.47. The van der Waals surface area contributed by atoms with Crippen molar-refractivity contribution < 1.29 is 4.79 Å². The predicted octanol–water partition coefficient (Wildman–Crippen LogP) is 3.80. The zero-order valence-corrected chi connectivity index (χ0v) is 18.3. The van der Waals surface area contributed by atoms with E-state index in [1.165, 1.54) is 5.56 Å². The molecule has 4 aromatic rings. The molecular weight excluding hydrogens is 400 g/mol. The van der Waals surface area contributed by atoms with Gasteiger partial charge in [-0.2, -0.15) is 0 Å². The lowest BCUT2D eigenvalue weighted by Crippen LogP contribution is -2.27. The minimum absolute atomic E-state index is 0.439. The van der Waals surface area contributed by atoms with Crippen molar-refractivity contribution in [3.63, 3.8) is 0 Å². The molecule has 1 aliphatic rings. The summed E-state index contributed by atoms with van der Waals surface area (Å²) in [7, 11) is 2.08. The lowest BCUT2D eigenvalue weighted by atomic mass is 10.1. The molecule has 5 rings (SSSR count). The standard InChI is InChI=1S/C25H26N6O/c1-16-15-31-19(11-6-12-20(31)22(26)32)21(16)24-28-23(27-14-17-8-4-3-5-9-17)18-10-7-13-30(2)25(18)29-24/h3-6,8-9,11-12,15H,7,10,13-14H2,1-2H3,(H2,26,32)(H,27,28,29). The Kier molecular flexibility index (Phi) is 5.01. The maximum Gasteiger partial charge on any atom is 0.265 e. The molecule has 3 N–H and O–H groups in total. The number of benzene rings is 1. The molecular formula is C25H26N6O. The molecule has 1 aliphatic heterocycles. The van der Waals surface area contributed by atoms with Gasteiger partial charge < -0.3 is 20.4 Å². The number of pyridine rings is 1. The summed E-state index contributed by atoms with van der Waals surface area (Å²) in [5, 5.41) is 3.55. The molecule has 0 aliphatic carbocycles. The lowest BCUT2D eigenvalue weighted by Gasteiger charge is -2.28. The summed E-state index contributed by atoms with van der Waals surface area (Å²) < 4.78 is 1.83. The van der Waals surface area contributed by atoms with Crippen molar-refractivity contribution in [1.29, 1.82) is 0 Å². The van der Waals surface area contributed by atoms with Gasteiger partial charge in [0.25, 0.3) is 5.91 Å². The Morgan fingerprint density at radius 3 is 2.72 bits per heavy atom. The zero-order valence-electron chi connectivity index (χ0n) is 18.3. The number of primary amides is 1. The Hall–Kier alpha value is -3.87. The van der Waals surface area contributed by atoms with E-state index in [-0.39, 0.29) is 0 Å². The molecule has 1 aromatic carbocycles. The van der Waals surface area contributed by atoms with Crippen molar-refractivity contribution in [3.8, 4) is 11.4 Å². The topological polar surface area (TPSA) is 88.5 Å². The lowest BCUT2D eigenvalue weighted by molar-refractivity contribution is 0.0994. The maximum atomic E-state index is 11.9. The first kappa shape index (κ1) is 20.1. The van der Waals surface area contributed by atoms with Crippen LogP contribution in [0.1, 0.15) is 33.6 Å². The molecule has 0 fully saturated rings. The van der Waals surface area contributed by atoms with Crippen LogP contribution < -0.4 is 16.0 Å². The van der Waals surface area contributed by atoms with Crippen LogP contribution in [0.3, 0.4) is 0 Å². The average Bonchev–Trinajstić information content (AvgIpc) is 3.14. The number of aromatic nitrogens is 3. The third-order valence-corrected chi connectivity index (χ3v) is 6.05. The number of aryl methyl sites for hydroxylation is 1. The number of carbonyl (C=O) groups is 1. The van der Waals surface area contributed by atoms with E-state index in [9.17, 15) is 4.79 Å². The van der Waals surface area contributed by atoms with Crippen molar-refractivity contribution in [2.24, 2.45) is 5.73 Å². The van der Waals surface area contributed by atoms with Crippen LogP contribution in [0.2, 0.25) is 0 Å². The first-order valence-electron chi connectivity index (χ1n) is 10.8. The van der Waals surface area contributed by atoms with E-state index in [4.69, 9.17) is 15.7 Å². The van der Waals surface area contributed by atoms with Crippen LogP contribution in [-0.2, 0) is 13.0 Å². The summed E-state index contributed by atoms with van der Waals surface area (Å²) >= 11 is 0. The Bertz CT molecular complexity index is 1310. The number of amides is 1. The van der Waals surface area contributed by atoms with Crippen LogP contribution in [0.4, 0.5) is 11.6 Å². The molecule has 0 bridgehead atoms. The molecule has 4 heterocycles. The highest BCUT2D eigenvalue weighted by Gasteiger charge is 2.24. The third kappa shape index (κ3) is 3.45. The Labute approximate surface area is 186 Å². The Balaban J connectivity index is 1.65. The molecule has 0 saturated heterocycles. The van der Waals surface area contributed by atoms with Gasteiger partial charge in [-0.1, -0.05) is 36.4 Å². The minimum Gasteiger partial charge on any atom is -0.366 e. The van der Waals surface area contributed by atoms with E-state index < -0.39 is 5.91 Å². The van der Waals surface area contributed by atoms with E-state index in [0.717, 1.165) is 53.2 Å². The van der Waals surface area contributed by atoms with E-state index in [1.54, 1.807) is 6.07 Å². The first-order chi connectivity index (χ1) is 15.5. The van der Waals surface area contributed by atoms with Gasteiger partial charge >= 0.3 is 0 Å². The third-order valence-electron chi connectivity index (χ3n) is 6.05. The Morgan fingerprint density at radius 2 is 1.94 bits per heavy atom. The van der Waals surface area contributed by atoms with E-state index in [2.05, 4.69) is 29.4 Å². The molecule has 3 aromatic heterocycles. The van der Waals surface area contributed by atoms with Crippen LogP contribution >= 0.6 is 0 Å². The van der Waals surface area contributed by atoms with Crippen molar-refractivity contribution in [1.82, 2.24) is 14.4 Å². The minimum atomic E-state index is -0.464. The second kappa shape index (κ2) is 8.00. The van der Waals surface area contributed by atoms with Gasteiger partial charge in [-0.05, 0) is 43.0 Å². The molecule has 0 spiro atoms. The molecule has 162 valence electrons. The van der Waals surface area contributed by atoms with Gasteiger partial charge in [0.05, 0.1) is 5.52 Å². The first-order valence-corrected chi connectivity index (χ1v) is 10.8. The number of rotatable bonds is 5. The van der Waals surface area contributed by atoms with E-state index in [0.29, 0.717) is 18.1 Å². The highest BCUT2D eigenvalue weighted by Crippen LogP contribution is 2.35. The van der Waals surface area contributed by atoms with Crippen molar-refractivity contribution in [3.05, 3.63) is 77.1 Å². The highest BCUT2D eigenvalue weighted by atomic mass is 16.1. The summed E-state index contributed by atoms with van der Waals surface area (Å²) in [6.07, 6.45) is 3.94. The highest BCUT2D eigenvalue weighted by molar-refractivity contribution is 5.94. The van der Waals surface area contributed by atoms with Crippen LogP contribution in [0.25, 0.3) is 16.9 Å². The van der Waals surface area contributed by atoms with Crippen molar-refractivity contribution >= 4 is 23.1 Å². The molecule has 0 atom stereocenters. The average molecular weight is 427 g/mol. The largest absolute Gasteiger partial charge is 0.366 e. The summed E-state index contributed by atoms with van der Waals surface area (Å²) in [6, 6.07) is 15.8. The smallest absolute Gasteiger partial charge is 0.265 e. The van der Waals surface area contributed by atoms with E-state index in [1.807, 2.05) is 47.9 Å². The Morgan fingerprint density at radius 1 is 1.12 bits per heavy atom. The molecule has 1 amide bonds. The van der Waals surface area contributed by atoms with Crippen LogP contribution in [0.15, 0.2) is 54.7 Å². The molecule has 7 nitrogen and oxygen atoms in total.